The van der Waals surface area contributed by atoms with Gasteiger partial charge in [0.05, 0.1) is 12.2 Å². The lowest BCUT2D eigenvalue weighted by Gasteiger charge is -2.04. The Bertz CT molecular complexity index is 936. The maximum Gasteiger partial charge on any atom is 0.273 e. The molecular formula is C18H17F2N3O4. The summed E-state index contributed by atoms with van der Waals surface area (Å²) >= 11 is 0. The smallest absolute Gasteiger partial charge is 0.273 e. The minimum atomic E-state index is -0.833. The summed E-state index contributed by atoms with van der Waals surface area (Å²) in [7, 11) is 0. The molecule has 0 saturated carbocycles. The van der Waals surface area contributed by atoms with Crippen LogP contribution in [0.2, 0.25) is 0 Å². The zero-order chi connectivity index (χ0) is 19.4. The lowest BCUT2D eigenvalue weighted by Crippen LogP contribution is -2.22. The molecule has 7 nitrogen and oxygen atoms in total. The van der Waals surface area contributed by atoms with Gasteiger partial charge in [-0.1, -0.05) is 24.2 Å². The third kappa shape index (κ3) is 4.69. The number of rotatable bonds is 7. The van der Waals surface area contributed by atoms with Crippen LogP contribution in [0.3, 0.4) is 0 Å². The number of amides is 1. The average Bonchev–Trinajstić information content (AvgIpc) is 3.28. The van der Waals surface area contributed by atoms with E-state index in [2.05, 4.69) is 15.6 Å². The van der Waals surface area contributed by atoms with E-state index in [0.29, 0.717) is 11.8 Å². The molecule has 9 heteroatoms. The van der Waals surface area contributed by atoms with Crippen LogP contribution in [0.15, 0.2) is 39.4 Å². The first-order valence-corrected chi connectivity index (χ1v) is 8.19. The predicted molar refractivity (Wildman–Crippen MR) is 89.0 cm³/mol. The molecule has 0 atom stereocenters. The molecule has 0 aliphatic rings. The van der Waals surface area contributed by atoms with Crippen molar-refractivity contribution in [2.75, 3.05) is 0 Å². The molecule has 3 aromatic rings. The van der Waals surface area contributed by atoms with Gasteiger partial charge < -0.3 is 19.1 Å². The number of nitrogens with one attached hydrogen (secondary N) is 1. The van der Waals surface area contributed by atoms with E-state index in [0.717, 1.165) is 17.8 Å². The summed E-state index contributed by atoms with van der Waals surface area (Å²) < 4.78 is 41.7. The van der Waals surface area contributed by atoms with Crippen LogP contribution in [0.1, 0.15) is 47.5 Å². The SMILES string of the molecule is CC(C)c1cc(CNC(=O)c2cc(COc3ccc(F)cc3F)on2)on1. The molecular weight excluding hydrogens is 360 g/mol. The van der Waals surface area contributed by atoms with Crippen LogP contribution in [0.5, 0.6) is 5.75 Å². The van der Waals surface area contributed by atoms with Crippen LogP contribution >= 0.6 is 0 Å². The third-order valence-corrected chi connectivity index (χ3v) is 3.65. The standard InChI is InChI=1S/C18H17F2N3O4/c1-10(2)15-6-12(26-22-15)8-21-18(24)16-7-13(27-23-16)9-25-17-4-3-11(19)5-14(17)20/h3-7,10H,8-9H2,1-2H3,(H,21,24). The average molecular weight is 377 g/mol. The van der Waals surface area contributed by atoms with Crippen LogP contribution in [-0.4, -0.2) is 16.2 Å². The number of carbonyl (C=O) groups is 1. The summed E-state index contributed by atoms with van der Waals surface area (Å²) in [6.07, 6.45) is 0. The van der Waals surface area contributed by atoms with Gasteiger partial charge in [0.1, 0.15) is 12.4 Å². The van der Waals surface area contributed by atoms with Crippen LogP contribution < -0.4 is 10.1 Å². The summed E-state index contributed by atoms with van der Waals surface area (Å²) in [6, 6.07) is 6.09. The normalized spacial score (nSPS) is 11.0. The van der Waals surface area contributed by atoms with Gasteiger partial charge in [-0.25, -0.2) is 8.78 Å². The van der Waals surface area contributed by atoms with Crippen LogP contribution in [0.4, 0.5) is 8.78 Å². The highest BCUT2D eigenvalue weighted by Gasteiger charge is 2.15. The van der Waals surface area contributed by atoms with Crippen molar-refractivity contribution >= 4 is 5.91 Å². The monoisotopic (exact) mass is 377 g/mol. The Labute approximate surface area is 153 Å². The summed E-state index contributed by atoms with van der Waals surface area (Å²) in [4.78, 5) is 12.1. The molecule has 0 spiro atoms. The molecule has 1 aromatic carbocycles. The number of hydrogen-bond acceptors (Lipinski definition) is 6. The zero-order valence-electron chi connectivity index (χ0n) is 14.7. The van der Waals surface area contributed by atoms with Crippen molar-refractivity contribution < 1.29 is 27.4 Å². The molecule has 0 aliphatic carbocycles. The Morgan fingerprint density at radius 2 is 1.93 bits per heavy atom. The number of benzene rings is 1. The molecule has 27 heavy (non-hydrogen) atoms. The molecule has 0 unspecified atom stereocenters. The Hall–Kier alpha value is -3.23. The minimum Gasteiger partial charge on any atom is -0.482 e. The van der Waals surface area contributed by atoms with Gasteiger partial charge in [-0.05, 0) is 18.1 Å². The summed E-state index contributed by atoms with van der Waals surface area (Å²) in [5.41, 5.74) is 0.838. The second kappa shape index (κ2) is 7.98. The van der Waals surface area contributed by atoms with Gasteiger partial charge in [-0.3, -0.25) is 4.79 Å². The number of carbonyl (C=O) groups excluding carboxylic acids is 1. The van der Waals surface area contributed by atoms with E-state index in [1.54, 1.807) is 6.07 Å². The van der Waals surface area contributed by atoms with Gasteiger partial charge in [-0.2, -0.15) is 0 Å². The summed E-state index contributed by atoms with van der Waals surface area (Å²) in [5.74, 6) is -1.18. The molecule has 3 rings (SSSR count). The van der Waals surface area contributed by atoms with Crippen molar-refractivity contribution in [2.24, 2.45) is 0 Å². The molecule has 0 aliphatic heterocycles. The van der Waals surface area contributed by atoms with Gasteiger partial charge in [-0.15, -0.1) is 0 Å². The van der Waals surface area contributed by atoms with Gasteiger partial charge in [0.15, 0.2) is 28.8 Å². The van der Waals surface area contributed by atoms with Crippen LogP contribution in [0.25, 0.3) is 0 Å². The second-order valence-corrected chi connectivity index (χ2v) is 6.10. The highest BCUT2D eigenvalue weighted by molar-refractivity contribution is 5.92. The molecule has 1 N–H and O–H groups in total. The van der Waals surface area contributed by atoms with Crippen molar-refractivity contribution in [3.05, 3.63) is 64.9 Å². The lowest BCUT2D eigenvalue weighted by atomic mass is 10.1. The molecule has 2 heterocycles. The number of halogens is 2. The maximum absolute atomic E-state index is 13.5. The summed E-state index contributed by atoms with van der Waals surface area (Å²) in [6.45, 7) is 3.95. The molecule has 2 aromatic heterocycles. The molecule has 0 saturated heterocycles. The molecule has 0 fully saturated rings. The quantitative estimate of drug-likeness (QED) is 0.677. The Balaban J connectivity index is 1.53. The fraction of sp³-hybridized carbons (Fsp3) is 0.278. The largest absolute Gasteiger partial charge is 0.482 e. The Kier molecular flexibility index (Phi) is 5.49. The first-order chi connectivity index (χ1) is 12.9. The first kappa shape index (κ1) is 18.6. The van der Waals surface area contributed by atoms with Crippen molar-refractivity contribution in [3.63, 3.8) is 0 Å². The second-order valence-electron chi connectivity index (χ2n) is 6.10. The Morgan fingerprint density at radius 1 is 1.15 bits per heavy atom. The number of hydrogen-bond donors (Lipinski definition) is 1. The van der Waals surface area contributed by atoms with Crippen molar-refractivity contribution in [1.82, 2.24) is 15.6 Å². The van der Waals surface area contributed by atoms with E-state index in [1.807, 2.05) is 13.8 Å². The molecule has 0 radical (unpaired) electrons. The topological polar surface area (TPSA) is 90.4 Å². The van der Waals surface area contributed by atoms with E-state index in [9.17, 15) is 13.6 Å². The van der Waals surface area contributed by atoms with Gasteiger partial charge >= 0.3 is 0 Å². The molecule has 1 amide bonds. The molecule has 0 bridgehead atoms. The van der Waals surface area contributed by atoms with Crippen molar-refractivity contribution in [2.45, 2.75) is 32.9 Å². The van der Waals surface area contributed by atoms with Crippen molar-refractivity contribution in [1.29, 1.82) is 0 Å². The van der Waals surface area contributed by atoms with E-state index in [1.165, 1.54) is 6.07 Å². The fourth-order valence-electron chi connectivity index (χ4n) is 2.17. The highest BCUT2D eigenvalue weighted by Crippen LogP contribution is 2.19. The minimum absolute atomic E-state index is 0.0387. The Morgan fingerprint density at radius 3 is 2.63 bits per heavy atom. The van der Waals surface area contributed by atoms with Gasteiger partial charge in [0, 0.05) is 18.2 Å². The van der Waals surface area contributed by atoms with Crippen LogP contribution in [0, 0.1) is 11.6 Å². The third-order valence-electron chi connectivity index (χ3n) is 3.65. The van der Waals surface area contributed by atoms with Gasteiger partial charge in [0.2, 0.25) is 0 Å². The van der Waals surface area contributed by atoms with E-state index in [-0.39, 0.29) is 36.3 Å². The first-order valence-electron chi connectivity index (χ1n) is 8.19. The zero-order valence-corrected chi connectivity index (χ0v) is 14.7. The number of aromatic nitrogens is 2. The lowest BCUT2D eigenvalue weighted by molar-refractivity contribution is 0.0937. The van der Waals surface area contributed by atoms with E-state index in [4.69, 9.17) is 13.8 Å². The number of nitrogens with zero attached hydrogens (tertiary/aromatic N) is 2. The molecule has 142 valence electrons. The van der Waals surface area contributed by atoms with Gasteiger partial charge in [0.25, 0.3) is 5.91 Å². The predicted octanol–water partition coefficient (Wildman–Crippen LogP) is 3.57. The highest BCUT2D eigenvalue weighted by atomic mass is 19.1. The fourth-order valence-corrected chi connectivity index (χ4v) is 2.17. The number of ether oxygens (including phenoxy) is 1. The van der Waals surface area contributed by atoms with E-state index >= 15 is 0 Å². The van der Waals surface area contributed by atoms with Crippen molar-refractivity contribution in [3.8, 4) is 5.75 Å². The van der Waals surface area contributed by atoms with Crippen LogP contribution in [-0.2, 0) is 13.2 Å². The summed E-state index contributed by atoms with van der Waals surface area (Å²) in [5, 5.41) is 10.2. The van der Waals surface area contributed by atoms with E-state index < -0.39 is 17.5 Å². The maximum atomic E-state index is 13.5.